The summed E-state index contributed by atoms with van der Waals surface area (Å²) < 4.78 is 0. The van der Waals surface area contributed by atoms with Gasteiger partial charge in [-0.15, -0.1) is 0 Å². The molecule has 1 saturated carbocycles. The van der Waals surface area contributed by atoms with Gasteiger partial charge in [-0.05, 0) is 39.5 Å². The number of hydrogen-bond donors (Lipinski definition) is 1. The van der Waals surface area contributed by atoms with E-state index in [1.165, 1.54) is 58.4 Å². The highest BCUT2D eigenvalue weighted by molar-refractivity contribution is 4.99. The molecule has 3 nitrogen and oxygen atoms in total. The van der Waals surface area contributed by atoms with E-state index in [-0.39, 0.29) is 0 Å². The molecule has 0 amide bonds. The predicted octanol–water partition coefficient (Wildman–Crippen LogP) is 1.30. The van der Waals surface area contributed by atoms with Gasteiger partial charge in [0.25, 0.3) is 0 Å². The summed E-state index contributed by atoms with van der Waals surface area (Å²) in [6.45, 7) is 11.1. The van der Waals surface area contributed by atoms with Gasteiger partial charge in [0.05, 0.1) is 0 Å². The minimum Gasteiger partial charge on any atom is -0.314 e. The molecule has 2 saturated heterocycles. The van der Waals surface area contributed by atoms with Crippen molar-refractivity contribution < 1.29 is 0 Å². The number of hydrogen-bond acceptors (Lipinski definition) is 3. The molecule has 1 aliphatic carbocycles. The lowest BCUT2D eigenvalue weighted by Crippen LogP contribution is -2.59. The summed E-state index contributed by atoms with van der Waals surface area (Å²) in [6.07, 6.45) is 5.66. The highest BCUT2D eigenvalue weighted by atomic mass is 15.3. The van der Waals surface area contributed by atoms with Crippen LogP contribution in [-0.2, 0) is 0 Å². The fourth-order valence-corrected chi connectivity index (χ4v) is 3.60. The molecule has 0 bridgehead atoms. The number of likely N-dealkylation sites (tertiary alicyclic amines) is 1. The normalized spacial score (nSPS) is 36.0. The van der Waals surface area contributed by atoms with E-state index >= 15 is 0 Å². The van der Waals surface area contributed by atoms with E-state index in [9.17, 15) is 0 Å². The van der Waals surface area contributed by atoms with Crippen molar-refractivity contribution in [1.82, 2.24) is 15.1 Å². The Balaban J connectivity index is 1.64. The topological polar surface area (TPSA) is 18.5 Å². The highest BCUT2D eigenvalue weighted by Crippen LogP contribution is 2.39. The zero-order valence-corrected chi connectivity index (χ0v) is 11.4. The predicted molar refractivity (Wildman–Crippen MR) is 71.3 cm³/mol. The quantitative estimate of drug-likeness (QED) is 0.781. The zero-order valence-electron chi connectivity index (χ0n) is 11.4. The fourth-order valence-electron chi connectivity index (χ4n) is 3.60. The minimum atomic E-state index is 0.450. The molecule has 3 heteroatoms. The molecule has 2 aliphatic heterocycles. The molecule has 3 aliphatic rings. The van der Waals surface area contributed by atoms with Crippen LogP contribution in [0.4, 0.5) is 0 Å². The van der Waals surface area contributed by atoms with Gasteiger partial charge in [0, 0.05) is 50.3 Å². The van der Waals surface area contributed by atoms with Crippen molar-refractivity contribution in [2.24, 2.45) is 0 Å². The van der Waals surface area contributed by atoms with Gasteiger partial charge in [-0.2, -0.15) is 0 Å². The first kappa shape index (κ1) is 11.9. The summed E-state index contributed by atoms with van der Waals surface area (Å²) in [4.78, 5) is 5.53. The minimum absolute atomic E-state index is 0.450. The van der Waals surface area contributed by atoms with E-state index in [2.05, 4.69) is 29.0 Å². The van der Waals surface area contributed by atoms with Crippen molar-refractivity contribution in [3.05, 3.63) is 0 Å². The largest absolute Gasteiger partial charge is 0.314 e. The Labute approximate surface area is 106 Å². The standard InChI is InChI=1S/C14H27N3/c1-14(2)6-5-13(11-17(14)12-3-4-12)16-9-7-15-8-10-16/h12-13,15H,3-11H2,1-2H3. The molecule has 0 radical (unpaired) electrons. The van der Waals surface area contributed by atoms with E-state index in [0.29, 0.717) is 5.54 Å². The first-order valence-electron chi connectivity index (χ1n) is 7.38. The smallest absolute Gasteiger partial charge is 0.0225 e. The van der Waals surface area contributed by atoms with Crippen LogP contribution in [0.15, 0.2) is 0 Å². The summed E-state index contributed by atoms with van der Waals surface area (Å²) in [7, 11) is 0. The average Bonchev–Trinajstić information content (AvgIpc) is 3.14. The van der Waals surface area contributed by atoms with E-state index in [0.717, 1.165) is 12.1 Å². The van der Waals surface area contributed by atoms with Gasteiger partial charge in [0.15, 0.2) is 0 Å². The zero-order chi connectivity index (χ0) is 11.9. The van der Waals surface area contributed by atoms with Gasteiger partial charge in [0.1, 0.15) is 0 Å². The van der Waals surface area contributed by atoms with E-state index < -0.39 is 0 Å². The van der Waals surface area contributed by atoms with Gasteiger partial charge in [-0.3, -0.25) is 9.80 Å². The molecule has 17 heavy (non-hydrogen) atoms. The van der Waals surface area contributed by atoms with Crippen molar-refractivity contribution in [2.75, 3.05) is 32.7 Å². The maximum absolute atomic E-state index is 3.46. The van der Waals surface area contributed by atoms with E-state index in [1.807, 2.05) is 0 Å². The molecule has 2 heterocycles. The number of piperazine rings is 1. The number of nitrogens with one attached hydrogen (secondary N) is 1. The molecule has 1 unspecified atom stereocenters. The summed E-state index contributed by atoms with van der Waals surface area (Å²) >= 11 is 0. The molecule has 0 aromatic rings. The monoisotopic (exact) mass is 237 g/mol. The maximum atomic E-state index is 3.46. The Kier molecular flexibility index (Phi) is 3.18. The molecule has 1 atom stereocenters. The molecule has 1 N–H and O–H groups in total. The number of nitrogens with zero attached hydrogens (tertiary/aromatic N) is 2. The average molecular weight is 237 g/mol. The lowest BCUT2D eigenvalue weighted by Gasteiger charge is -2.49. The van der Waals surface area contributed by atoms with Gasteiger partial charge in [-0.1, -0.05) is 0 Å². The van der Waals surface area contributed by atoms with Crippen LogP contribution in [0.2, 0.25) is 0 Å². The van der Waals surface area contributed by atoms with Crippen molar-refractivity contribution in [3.63, 3.8) is 0 Å². The van der Waals surface area contributed by atoms with Gasteiger partial charge in [-0.25, -0.2) is 0 Å². The van der Waals surface area contributed by atoms with Crippen LogP contribution in [-0.4, -0.2) is 60.1 Å². The van der Waals surface area contributed by atoms with E-state index in [4.69, 9.17) is 0 Å². The van der Waals surface area contributed by atoms with Crippen molar-refractivity contribution >= 4 is 0 Å². The van der Waals surface area contributed by atoms with Crippen LogP contribution in [0.1, 0.15) is 39.5 Å². The fraction of sp³-hybridized carbons (Fsp3) is 1.00. The number of rotatable bonds is 2. The lowest BCUT2D eigenvalue weighted by atomic mass is 9.87. The Hall–Kier alpha value is -0.120. The molecule has 3 rings (SSSR count). The highest BCUT2D eigenvalue weighted by Gasteiger charge is 2.43. The van der Waals surface area contributed by atoms with Crippen LogP contribution in [0, 0.1) is 0 Å². The molecule has 0 aromatic carbocycles. The maximum Gasteiger partial charge on any atom is 0.0225 e. The second-order valence-electron chi connectivity index (χ2n) is 6.67. The molecule has 3 fully saturated rings. The Morgan fingerprint density at radius 1 is 1.00 bits per heavy atom. The summed E-state index contributed by atoms with van der Waals surface area (Å²) in [5, 5.41) is 3.46. The van der Waals surface area contributed by atoms with Gasteiger partial charge in [0.2, 0.25) is 0 Å². The van der Waals surface area contributed by atoms with Crippen LogP contribution < -0.4 is 5.32 Å². The Morgan fingerprint density at radius 3 is 2.35 bits per heavy atom. The molecule has 0 aromatic heterocycles. The van der Waals surface area contributed by atoms with Gasteiger partial charge < -0.3 is 5.32 Å². The van der Waals surface area contributed by atoms with Crippen molar-refractivity contribution in [1.29, 1.82) is 0 Å². The Morgan fingerprint density at radius 2 is 1.71 bits per heavy atom. The summed E-state index contributed by atoms with van der Waals surface area (Å²) in [5.74, 6) is 0. The first-order chi connectivity index (χ1) is 8.17. The number of piperidine rings is 1. The lowest BCUT2D eigenvalue weighted by molar-refractivity contribution is 0.00649. The molecule has 0 spiro atoms. The Bertz CT molecular complexity index is 267. The van der Waals surface area contributed by atoms with Gasteiger partial charge >= 0.3 is 0 Å². The SMILES string of the molecule is CC1(C)CCC(N2CCNCC2)CN1C1CC1. The molecular formula is C14H27N3. The van der Waals surface area contributed by atoms with Crippen molar-refractivity contribution in [3.8, 4) is 0 Å². The third-order valence-electron chi connectivity index (χ3n) is 4.93. The second-order valence-corrected chi connectivity index (χ2v) is 6.67. The molecule has 98 valence electrons. The van der Waals surface area contributed by atoms with Crippen LogP contribution >= 0.6 is 0 Å². The summed E-state index contributed by atoms with van der Waals surface area (Å²) in [5.41, 5.74) is 0.450. The molecular weight excluding hydrogens is 210 g/mol. The first-order valence-corrected chi connectivity index (χ1v) is 7.38. The van der Waals surface area contributed by atoms with Crippen LogP contribution in [0.25, 0.3) is 0 Å². The third-order valence-corrected chi connectivity index (χ3v) is 4.93. The van der Waals surface area contributed by atoms with E-state index in [1.54, 1.807) is 0 Å². The van der Waals surface area contributed by atoms with Crippen molar-refractivity contribution in [2.45, 2.75) is 57.2 Å². The summed E-state index contributed by atoms with van der Waals surface area (Å²) in [6, 6.07) is 1.74. The van der Waals surface area contributed by atoms with Crippen LogP contribution in [0.5, 0.6) is 0 Å². The van der Waals surface area contributed by atoms with Crippen LogP contribution in [0.3, 0.4) is 0 Å². The third kappa shape index (κ3) is 2.51. The second kappa shape index (κ2) is 4.52.